The van der Waals surface area contributed by atoms with Crippen molar-refractivity contribution in [2.24, 2.45) is 17.8 Å². The predicted molar refractivity (Wildman–Crippen MR) is 41.2 cm³/mol. The van der Waals surface area contributed by atoms with E-state index in [2.05, 4.69) is 32.9 Å². The van der Waals surface area contributed by atoms with Crippen molar-refractivity contribution in [2.75, 3.05) is 0 Å². The number of rotatable bonds is 0. The monoisotopic (exact) mass is 124 g/mol. The molecule has 52 valence electrons. The molecule has 0 saturated carbocycles. The Hall–Kier alpha value is -0.260. The maximum absolute atomic E-state index is 2.35. The third-order valence-corrected chi connectivity index (χ3v) is 2.38. The van der Waals surface area contributed by atoms with Crippen molar-refractivity contribution >= 4 is 0 Å². The first kappa shape index (κ1) is 6.85. The fraction of sp³-hybridized carbons (Fsp3) is 0.778. The van der Waals surface area contributed by atoms with Gasteiger partial charge in [-0.15, -0.1) is 0 Å². The summed E-state index contributed by atoms with van der Waals surface area (Å²) in [5, 5.41) is 0. The van der Waals surface area contributed by atoms with E-state index in [1.807, 2.05) is 0 Å². The second-order valence-electron chi connectivity index (χ2n) is 3.43. The third-order valence-electron chi connectivity index (χ3n) is 2.38. The van der Waals surface area contributed by atoms with Crippen LogP contribution in [0.4, 0.5) is 0 Å². The highest BCUT2D eigenvalue weighted by molar-refractivity contribution is 4.97. The average Bonchev–Trinajstić information content (AvgIpc) is 1.80. The van der Waals surface area contributed by atoms with Gasteiger partial charge in [-0.3, -0.25) is 0 Å². The van der Waals surface area contributed by atoms with E-state index in [-0.39, 0.29) is 0 Å². The Morgan fingerprint density at radius 3 is 2.22 bits per heavy atom. The van der Waals surface area contributed by atoms with Crippen LogP contribution in [-0.4, -0.2) is 0 Å². The second-order valence-corrected chi connectivity index (χ2v) is 3.43. The molecule has 0 aromatic carbocycles. The lowest BCUT2D eigenvalue weighted by atomic mass is 9.82. The van der Waals surface area contributed by atoms with Crippen LogP contribution in [0.3, 0.4) is 0 Å². The minimum atomic E-state index is 0.807. The highest BCUT2D eigenvalue weighted by Crippen LogP contribution is 2.26. The molecule has 0 aliphatic heterocycles. The van der Waals surface area contributed by atoms with Crippen LogP contribution in [0.25, 0.3) is 0 Å². The van der Waals surface area contributed by atoms with E-state index in [9.17, 15) is 0 Å². The summed E-state index contributed by atoms with van der Waals surface area (Å²) in [5.74, 6) is 2.52. The molecule has 0 fully saturated rings. The molecule has 0 aromatic heterocycles. The molecule has 0 spiro atoms. The molecule has 0 bridgehead atoms. The Labute approximate surface area is 58.0 Å². The first-order valence-electron chi connectivity index (χ1n) is 3.88. The van der Waals surface area contributed by atoms with Crippen molar-refractivity contribution in [3.8, 4) is 0 Å². The zero-order chi connectivity index (χ0) is 6.85. The molecule has 0 N–H and O–H groups in total. The van der Waals surface area contributed by atoms with Gasteiger partial charge in [0.2, 0.25) is 0 Å². The standard InChI is InChI=1S/C9H16/c1-7-4-5-8(2)9(3)6-7/h4-5,7-9H,6H2,1-3H3/t7-,8+,9-/m0/s1. The molecule has 1 aliphatic carbocycles. The average molecular weight is 124 g/mol. The minimum Gasteiger partial charge on any atom is -0.0854 e. The second kappa shape index (κ2) is 2.55. The molecule has 0 unspecified atom stereocenters. The van der Waals surface area contributed by atoms with Crippen molar-refractivity contribution < 1.29 is 0 Å². The molecule has 0 heterocycles. The SMILES string of the molecule is C[C@@H]1C=C[C@H](C)C[C@@H]1C. The fourth-order valence-corrected chi connectivity index (χ4v) is 1.43. The summed E-state index contributed by atoms with van der Waals surface area (Å²) in [4.78, 5) is 0. The van der Waals surface area contributed by atoms with Gasteiger partial charge < -0.3 is 0 Å². The van der Waals surface area contributed by atoms with E-state index in [0.29, 0.717) is 0 Å². The molecule has 0 amide bonds. The van der Waals surface area contributed by atoms with E-state index >= 15 is 0 Å². The van der Waals surface area contributed by atoms with Crippen LogP contribution < -0.4 is 0 Å². The summed E-state index contributed by atoms with van der Waals surface area (Å²) in [6.45, 7) is 6.93. The van der Waals surface area contributed by atoms with Crippen LogP contribution in [0, 0.1) is 17.8 Å². The minimum absolute atomic E-state index is 0.807. The highest BCUT2D eigenvalue weighted by atomic mass is 14.2. The van der Waals surface area contributed by atoms with Gasteiger partial charge in [-0.1, -0.05) is 32.9 Å². The molecule has 0 radical (unpaired) electrons. The van der Waals surface area contributed by atoms with Crippen molar-refractivity contribution in [2.45, 2.75) is 27.2 Å². The lowest BCUT2D eigenvalue weighted by Gasteiger charge is -2.24. The van der Waals surface area contributed by atoms with Gasteiger partial charge in [0, 0.05) is 0 Å². The highest BCUT2D eigenvalue weighted by Gasteiger charge is 2.15. The van der Waals surface area contributed by atoms with Gasteiger partial charge >= 0.3 is 0 Å². The van der Waals surface area contributed by atoms with Crippen LogP contribution in [-0.2, 0) is 0 Å². The summed E-state index contributed by atoms with van der Waals surface area (Å²) >= 11 is 0. The van der Waals surface area contributed by atoms with Gasteiger partial charge in [-0.05, 0) is 24.2 Å². The Bertz CT molecular complexity index is 113. The largest absolute Gasteiger partial charge is 0.0854 e. The van der Waals surface area contributed by atoms with E-state index in [0.717, 1.165) is 17.8 Å². The summed E-state index contributed by atoms with van der Waals surface area (Å²) in [6, 6.07) is 0. The molecule has 1 rings (SSSR count). The quantitative estimate of drug-likeness (QED) is 0.435. The molecule has 0 heteroatoms. The lowest BCUT2D eigenvalue weighted by molar-refractivity contribution is 0.364. The normalized spacial score (nSPS) is 43.2. The maximum atomic E-state index is 2.35. The van der Waals surface area contributed by atoms with Crippen LogP contribution in [0.2, 0.25) is 0 Å². The summed E-state index contributed by atoms with van der Waals surface area (Å²) in [5.41, 5.74) is 0. The maximum Gasteiger partial charge on any atom is -0.0236 e. The van der Waals surface area contributed by atoms with Gasteiger partial charge in [0.1, 0.15) is 0 Å². The third kappa shape index (κ3) is 1.57. The van der Waals surface area contributed by atoms with Crippen molar-refractivity contribution in [1.29, 1.82) is 0 Å². The van der Waals surface area contributed by atoms with E-state index in [4.69, 9.17) is 0 Å². The van der Waals surface area contributed by atoms with E-state index < -0.39 is 0 Å². The molecule has 0 nitrogen and oxygen atoms in total. The van der Waals surface area contributed by atoms with Crippen molar-refractivity contribution in [3.63, 3.8) is 0 Å². The van der Waals surface area contributed by atoms with Crippen molar-refractivity contribution in [1.82, 2.24) is 0 Å². The lowest BCUT2D eigenvalue weighted by Crippen LogP contribution is -2.13. The van der Waals surface area contributed by atoms with Gasteiger partial charge in [0.15, 0.2) is 0 Å². The predicted octanol–water partition coefficient (Wildman–Crippen LogP) is 2.85. The van der Waals surface area contributed by atoms with Gasteiger partial charge in [0.25, 0.3) is 0 Å². The van der Waals surface area contributed by atoms with Gasteiger partial charge in [0.05, 0.1) is 0 Å². The number of hydrogen-bond donors (Lipinski definition) is 0. The van der Waals surface area contributed by atoms with Crippen LogP contribution in [0.5, 0.6) is 0 Å². The molecule has 0 saturated heterocycles. The zero-order valence-corrected chi connectivity index (χ0v) is 6.59. The summed E-state index contributed by atoms with van der Waals surface area (Å²) < 4.78 is 0. The molecular weight excluding hydrogens is 108 g/mol. The van der Waals surface area contributed by atoms with Gasteiger partial charge in [-0.2, -0.15) is 0 Å². The van der Waals surface area contributed by atoms with Gasteiger partial charge in [-0.25, -0.2) is 0 Å². The fourth-order valence-electron chi connectivity index (χ4n) is 1.43. The van der Waals surface area contributed by atoms with Crippen LogP contribution >= 0.6 is 0 Å². The first-order chi connectivity index (χ1) is 4.20. The number of allylic oxidation sites excluding steroid dienone is 2. The molecule has 1 aliphatic rings. The Morgan fingerprint density at radius 1 is 1.11 bits per heavy atom. The van der Waals surface area contributed by atoms with E-state index in [1.165, 1.54) is 6.42 Å². The molecule has 3 atom stereocenters. The molecule has 9 heavy (non-hydrogen) atoms. The van der Waals surface area contributed by atoms with Crippen molar-refractivity contribution in [3.05, 3.63) is 12.2 Å². The Balaban J connectivity index is 2.54. The number of hydrogen-bond acceptors (Lipinski definition) is 0. The first-order valence-corrected chi connectivity index (χ1v) is 3.88. The Kier molecular flexibility index (Phi) is 1.94. The van der Waals surface area contributed by atoms with Crippen LogP contribution in [0.15, 0.2) is 12.2 Å². The summed E-state index contributed by atoms with van der Waals surface area (Å²) in [6.07, 6.45) is 6.06. The molecule has 0 aromatic rings. The molecular formula is C9H16. The smallest absolute Gasteiger partial charge is 0.0236 e. The van der Waals surface area contributed by atoms with Crippen LogP contribution in [0.1, 0.15) is 27.2 Å². The topological polar surface area (TPSA) is 0 Å². The Morgan fingerprint density at radius 2 is 1.78 bits per heavy atom. The summed E-state index contributed by atoms with van der Waals surface area (Å²) in [7, 11) is 0. The zero-order valence-electron chi connectivity index (χ0n) is 6.59. The van der Waals surface area contributed by atoms with E-state index in [1.54, 1.807) is 0 Å².